The minimum atomic E-state index is -0.0705. The average molecular weight is 791 g/mol. The quantitative estimate of drug-likeness (QED) is 0.178. The Morgan fingerprint density at radius 1 is 0.393 bits per heavy atom. The lowest BCUT2D eigenvalue weighted by molar-refractivity contribution is 0.590. The lowest BCUT2D eigenvalue weighted by Gasteiger charge is -2.28. The van der Waals surface area contributed by atoms with E-state index in [0.717, 1.165) is 33.7 Å². The van der Waals surface area contributed by atoms with Gasteiger partial charge in [-0.15, -0.1) is 0 Å². The highest BCUT2D eigenvalue weighted by molar-refractivity contribution is 6.30. The van der Waals surface area contributed by atoms with Gasteiger partial charge in [-0.25, -0.2) is 4.98 Å². The molecule has 0 saturated carbocycles. The minimum Gasteiger partial charge on any atom is -0.308 e. The van der Waals surface area contributed by atoms with E-state index in [1.165, 1.54) is 87.2 Å². The topological polar surface area (TPSA) is 24.9 Å². The molecule has 0 spiro atoms. The SMILES string of the molecule is CC(C)(C)c1ccc2c(c1)c1cc(C(C)(C)C)cc3c4nc5c(cc4n2c13)c1cc(C(C)(C)C)cc2c3cc4ccccc4c(N(c4ccccc4)c4ccccc4)c3n5c12. The standard InChI is InChI=1S/C57H50N4/c1-55(2,3)34-24-25-47-40(27-34)42-28-36(57(7,8)9)31-46-49-48(60(47)51(42)46)32-45-44-30-35(56(4,5)6)29-43-41-26-33-18-16-17-23-39(33)52(53(41)61(50(43)44)54(45)58-49)59(37-19-12-10-13-20-37)38-21-14-11-15-22-38/h10-32H,1-9H3. The zero-order chi connectivity index (χ0) is 41.9. The van der Waals surface area contributed by atoms with E-state index in [-0.39, 0.29) is 16.2 Å². The number of benzene rings is 7. The van der Waals surface area contributed by atoms with Crippen molar-refractivity contribution in [1.82, 2.24) is 13.8 Å². The molecule has 298 valence electrons. The third kappa shape index (κ3) is 5.02. The summed E-state index contributed by atoms with van der Waals surface area (Å²) in [6.45, 7) is 20.9. The van der Waals surface area contributed by atoms with Gasteiger partial charge in [-0.3, -0.25) is 4.40 Å². The van der Waals surface area contributed by atoms with Gasteiger partial charge in [0.25, 0.3) is 0 Å². The van der Waals surface area contributed by atoms with Crippen LogP contribution < -0.4 is 4.90 Å². The van der Waals surface area contributed by atoms with Crippen LogP contribution in [-0.2, 0) is 16.2 Å². The predicted octanol–water partition coefficient (Wildman–Crippen LogP) is 15.9. The molecule has 0 unspecified atom stereocenters. The fraction of sp³-hybridized carbons (Fsp3) is 0.211. The van der Waals surface area contributed by atoms with Gasteiger partial charge in [-0.05, 0) is 111 Å². The third-order valence-corrected chi connectivity index (χ3v) is 13.5. The Morgan fingerprint density at radius 2 is 0.902 bits per heavy atom. The Bertz CT molecular complexity index is 3690. The van der Waals surface area contributed by atoms with Crippen molar-refractivity contribution < 1.29 is 0 Å². The molecular formula is C57H50N4. The van der Waals surface area contributed by atoms with Crippen molar-refractivity contribution in [2.45, 2.75) is 78.6 Å². The number of para-hydroxylation sites is 2. The maximum absolute atomic E-state index is 5.94. The second-order valence-corrected chi connectivity index (χ2v) is 20.6. The van der Waals surface area contributed by atoms with Crippen molar-refractivity contribution in [1.29, 1.82) is 0 Å². The first-order valence-corrected chi connectivity index (χ1v) is 21.8. The lowest BCUT2D eigenvalue weighted by atomic mass is 9.84. The van der Waals surface area contributed by atoms with Gasteiger partial charge in [0.1, 0.15) is 5.65 Å². The molecule has 5 aromatic heterocycles. The zero-order valence-electron chi connectivity index (χ0n) is 36.6. The van der Waals surface area contributed by atoms with Gasteiger partial charge in [0, 0.05) is 54.5 Å². The number of anilines is 3. The van der Waals surface area contributed by atoms with Gasteiger partial charge in [0.05, 0.1) is 38.8 Å². The molecule has 4 heteroatoms. The van der Waals surface area contributed by atoms with Gasteiger partial charge < -0.3 is 9.30 Å². The van der Waals surface area contributed by atoms with Crippen LogP contribution in [0.2, 0.25) is 0 Å². The molecule has 0 atom stereocenters. The largest absolute Gasteiger partial charge is 0.308 e. The summed E-state index contributed by atoms with van der Waals surface area (Å²) in [5.41, 5.74) is 15.4. The first kappa shape index (κ1) is 36.2. The smallest absolute Gasteiger partial charge is 0.146 e. The van der Waals surface area contributed by atoms with E-state index < -0.39 is 0 Å². The Hall–Kier alpha value is -6.65. The fourth-order valence-electron chi connectivity index (χ4n) is 10.3. The second-order valence-electron chi connectivity index (χ2n) is 20.6. The normalized spacial score (nSPS) is 13.3. The Morgan fingerprint density at radius 3 is 1.52 bits per heavy atom. The van der Waals surface area contributed by atoms with Crippen molar-refractivity contribution in [3.05, 3.63) is 156 Å². The minimum absolute atomic E-state index is 0.0396. The number of nitrogens with zero attached hydrogens (tertiary/aromatic N) is 4. The predicted molar refractivity (Wildman–Crippen MR) is 262 cm³/mol. The van der Waals surface area contributed by atoms with Crippen LogP contribution in [0.25, 0.3) is 87.2 Å². The van der Waals surface area contributed by atoms with E-state index in [9.17, 15) is 0 Å². The van der Waals surface area contributed by atoms with Gasteiger partial charge in [0.15, 0.2) is 0 Å². The molecule has 0 saturated heterocycles. The van der Waals surface area contributed by atoms with Gasteiger partial charge in [-0.2, -0.15) is 0 Å². The first-order chi connectivity index (χ1) is 29.2. The summed E-state index contributed by atoms with van der Waals surface area (Å²) >= 11 is 0. The van der Waals surface area contributed by atoms with Crippen molar-refractivity contribution in [2.24, 2.45) is 0 Å². The summed E-state index contributed by atoms with van der Waals surface area (Å²) in [6, 6.07) is 52.4. The highest BCUT2D eigenvalue weighted by Gasteiger charge is 2.30. The molecule has 0 amide bonds. The molecule has 5 heterocycles. The van der Waals surface area contributed by atoms with E-state index in [2.05, 4.69) is 216 Å². The van der Waals surface area contributed by atoms with Gasteiger partial charge in [-0.1, -0.05) is 129 Å². The van der Waals surface area contributed by atoms with Crippen LogP contribution in [0, 0.1) is 0 Å². The van der Waals surface area contributed by atoms with Crippen LogP contribution in [-0.4, -0.2) is 13.8 Å². The second kappa shape index (κ2) is 12.0. The maximum Gasteiger partial charge on any atom is 0.146 e. The number of fused-ring (bicyclic) bond motifs is 13. The van der Waals surface area contributed by atoms with Crippen LogP contribution in [0.15, 0.2) is 140 Å². The fourth-order valence-corrected chi connectivity index (χ4v) is 10.3. The maximum atomic E-state index is 5.94. The lowest BCUT2D eigenvalue weighted by Crippen LogP contribution is -2.11. The van der Waals surface area contributed by atoms with Crippen LogP contribution >= 0.6 is 0 Å². The summed E-state index contributed by atoms with van der Waals surface area (Å²) in [4.78, 5) is 8.40. The molecule has 12 aromatic rings. The molecule has 0 aliphatic carbocycles. The highest BCUT2D eigenvalue weighted by Crippen LogP contribution is 2.51. The number of hydrogen-bond donors (Lipinski definition) is 0. The Kier molecular flexibility index (Phi) is 7.13. The summed E-state index contributed by atoms with van der Waals surface area (Å²) in [5, 5.41) is 11.2. The monoisotopic (exact) mass is 790 g/mol. The van der Waals surface area contributed by atoms with Crippen LogP contribution in [0.4, 0.5) is 17.1 Å². The van der Waals surface area contributed by atoms with E-state index in [1.54, 1.807) is 0 Å². The van der Waals surface area contributed by atoms with E-state index >= 15 is 0 Å². The number of hydrogen-bond acceptors (Lipinski definition) is 2. The summed E-state index contributed by atoms with van der Waals surface area (Å²) in [6.07, 6.45) is 0. The molecule has 12 rings (SSSR count). The number of pyridine rings is 1. The van der Waals surface area contributed by atoms with E-state index in [4.69, 9.17) is 4.98 Å². The molecule has 0 aliphatic rings. The third-order valence-electron chi connectivity index (χ3n) is 13.5. The molecule has 0 N–H and O–H groups in total. The van der Waals surface area contributed by atoms with Gasteiger partial charge >= 0.3 is 0 Å². The molecule has 0 aliphatic heterocycles. The summed E-state index contributed by atoms with van der Waals surface area (Å²) in [5.74, 6) is 0. The zero-order valence-corrected chi connectivity index (χ0v) is 36.6. The molecule has 61 heavy (non-hydrogen) atoms. The van der Waals surface area contributed by atoms with Crippen molar-refractivity contribution in [3.63, 3.8) is 0 Å². The Labute approximate surface area is 356 Å². The van der Waals surface area contributed by atoms with Crippen molar-refractivity contribution in [2.75, 3.05) is 4.90 Å². The Balaban J connectivity index is 1.32. The van der Waals surface area contributed by atoms with Gasteiger partial charge in [0.2, 0.25) is 0 Å². The van der Waals surface area contributed by atoms with Crippen molar-refractivity contribution >= 4 is 104 Å². The number of aromatic nitrogens is 3. The van der Waals surface area contributed by atoms with E-state index in [0.29, 0.717) is 0 Å². The summed E-state index contributed by atoms with van der Waals surface area (Å²) < 4.78 is 5.04. The summed E-state index contributed by atoms with van der Waals surface area (Å²) in [7, 11) is 0. The van der Waals surface area contributed by atoms with Crippen LogP contribution in [0.5, 0.6) is 0 Å². The molecule has 0 bridgehead atoms. The molecule has 7 aromatic carbocycles. The first-order valence-electron chi connectivity index (χ1n) is 21.8. The van der Waals surface area contributed by atoms with E-state index in [1.807, 2.05) is 0 Å². The highest BCUT2D eigenvalue weighted by atomic mass is 15.2. The van der Waals surface area contributed by atoms with Crippen molar-refractivity contribution in [3.8, 4) is 0 Å². The molecule has 4 nitrogen and oxygen atoms in total. The number of rotatable bonds is 3. The van der Waals surface area contributed by atoms with Crippen LogP contribution in [0.3, 0.4) is 0 Å². The van der Waals surface area contributed by atoms with Crippen LogP contribution in [0.1, 0.15) is 79.0 Å². The molecule has 0 fully saturated rings. The molecular weight excluding hydrogens is 741 g/mol. The molecule has 0 radical (unpaired) electrons. The average Bonchev–Trinajstić information content (AvgIpc) is 3.95.